The minimum Gasteiger partial charge on any atom is -0.444 e. The lowest BCUT2D eigenvalue weighted by atomic mass is 10.2. The van der Waals surface area contributed by atoms with Crippen LogP contribution in [0.4, 0.5) is 5.69 Å². The van der Waals surface area contributed by atoms with Crippen molar-refractivity contribution >= 4 is 43.0 Å². The Morgan fingerprint density at radius 1 is 1.14 bits per heavy atom. The normalized spacial score (nSPS) is 11.5. The molecule has 0 saturated carbocycles. The molecule has 108 valence electrons. The first kappa shape index (κ1) is 14.3. The first-order chi connectivity index (χ1) is 10.0. The van der Waals surface area contributed by atoms with Gasteiger partial charge in [-0.15, -0.1) is 11.3 Å². The summed E-state index contributed by atoms with van der Waals surface area (Å²) in [7, 11) is -3.56. The van der Waals surface area contributed by atoms with Gasteiger partial charge in [0, 0.05) is 11.3 Å². The van der Waals surface area contributed by atoms with Crippen LogP contribution in [0.1, 0.15) is 0 Å². The molecule has 0 amide bonds. The maximum Gasteiger partial charge on any atom is 0.271 e. The van der Waals surface area contributed by atoms with Crippen LogP contribution in [-0.4, -0.2) is 13.4 Å². The van der Waals surface area contributed by atoms with Crippen molar-refractivity contribution in [2.45, 2.75) is 4.21 Å². The first-order valence-corrected chi connectivity index (χ1v) is 8.91. The Morgan fingerprint density at radius 2 is 1.90 bits per heavy atom. The summed E-state index contributed by atoms with van der Waals surface area (Å²) >= 11 is 4.41. The second kappa shape index (κ2) is 5.63. The van der Waals surface area contributed by atoms with Gasteiger partial charge < -0.3 is 4.42 Å². The van der Waals surface area contributed by atoms with Crippen molar-refractivity contribution in [2.75, 3.05) is 4.72 Å². The fourth-order valence-electron chi connectivity index (χ4n) is 1.71. The number of halogens is 1. The third-order valence-electron chi connectivity index (χ3n) is 2.67. The zero-order valence-corrected chi connectivity index (χ0v) is 13.7. The molecule has 0 saturated heterocycles. The number of benzene rings is 1. The molecule has 0 unspecified atom stereocenters. The molecule has 1 N–H and O–H groups in total. The van der Waals surface area contributed by atoms with Gasteiger partial charge in [0.15, 0.2) is 12.2 Å². The van der Waals surface area contributed by atoms with E-state index < -0.39 is 10.0 Å². The fourth-order valence-corrected chi connectivity index (χ4v) is 4.78. The van der Waals surface area contributed by atoms with E-state index in [0.29, 0.717) is 11.4 Å². The number of sulfonamides is 1. The SMILES string of the molecule is O=S(=O)(Nc1ccc(-c2cnco2)cc1)c1ccc(Br)s1. The van der Waals surface area contributed by atoms with E-state index in [0.717, 1.165) is 20.7 Å². The largest absolute Gasteiger partial charge is 0.444 e. The molecule has 1 aromatic carbocycles. The summed E-state index contributed by atoms with van der Waals surface area (Å²) in [6.07, 6.45) is 2.95. The Hall–Kier alpha value is -1.64. The van der Waals surface area contributed by atoms with Gasteiger partial charge in [-0.25, -0.2) is 13.4 Å². The van der Waals surface area contributed by atoms with Gasteiger partial charge in [0.25, 0.3) is 10.0 Å². The highest BCUT2D eigenvalue weighted by molar-refractivity contribution is 9.11. The second-order valence-electron chi connectivity index (χ2n) is 4.11. The summed E-state index contributed by atoms with van der Waals surface area (Å²) in [4.78, 5) is 3.84. The molecule has 0 aliphatic rings. The van der Waals surface area contributed by atoms with Crippen LogP contribution in [0.2, 0.25) is 0 Å². The monoisotopic (exact) mass is 384 g/mol. The molecular formula is C13H9BrN2O3S2. The topological polar surface area (TPSA) is 72.2 Å². The molecule has 2 aromatic heterocycles. The van der Waals surface area contributed by atoms with Crippen molar-refractivity contribution in [3.63, 3.8) is 0 Å². The van der Waals surface area contributed by atoms with Gasteiger partial charge in [0.2, 0.25) is 0 Å². The Labute approximate surface area is 133 Å². The number of anilines is 1. The smallest absolute Gasteiger partial charge is 0.271 e. The number of oxazole rings is 1. The minimum atomic E-state index is -3.56. The summed E-state index contributed by atoms with van der Waals surface area (Å²) in [5, 5.41) is 0. The van der Waals surface area contributed by atoms with Crippen LogP contribution < -0.4 is 4.72 Å². The average molecular weight is 385 g/mol. The zero-order valence-electron chi connectivity index (χ0n) is 10.5. The highest BCUT2D eigenvalue weighted by atomic mass is 79.9. The molecule has 2 heterocycles. The van der Waals surface area contributed by atoms with E-state index in [1.807, 2.05) is 0 Å². The van der Waals surface area contributed by atoms with Gasteiger partial charge in [0.1, 0.15) is 4.21 Å². The molecule has 0 aliphatic heterocycles. The standard InChI is InChI=1S/C13H9BrN2O3S2/c14-12-5-6-13(20-12)21(17,18)16-10-3-1-9(2-4-10)11-7-15-8-19-11/h1-8,16H. The van der Waals surface area contributed by atoms with Crippen LogP contribution >= 0.6 is 27.3 Å². The van der Waals surface area contributed by atoms with Crippen molar-refractivity contribution in [1.82, 2.24) is 4.98 Å². The van der Waals surface area contributed by atoms with E-state index in [1.165, 1.54) is 6.39 Å². The van der Waals surface area contributed by atoms with Crippen LogP contribution in [-0.2, 0) is 10.0 Å². The Balaban J connectivity index is 1.82. The number of hydrogen-bond acceptors (Lipinski definition) is 5. The van der Waals surface area contributed by atoms with Gasteiger partial charge in [0.05, 0.1) is 9.98 Å². The molecule has 0 aliphatic carbocycles. The molecule has 3 aromatic rings. The van der Waals surface area contributed by atoms with Gasteiger partial charge in [-0.05, 0) is 52.3 Å². The van der Waals surface area contributed by atoms with Crippen LogP contribution in [0.25, 0.3) is 11.3 Å². The summed E-state index contributed by atoms with van der Waals surface area (Å²) in [6.45, 7) is 0. The summed E-state index contributed by atoms with van der Waals surface area (Å²) in [6, 6.07) is 10.1. The minimum absolute atomic E-state index is 0.258. The van der Waals surface area contributed by atoms with E-state index in [4.69, 9.17) is 4.42 Å². The Kier molecular flexibility index (Phi) is 3.83. The van der Waals surface area contributed by atoms with Crippen molar-refractivity contribution in [3.05, 3.63) is 52.8 Å². The average Bonchev–Trinajstić information content (AvgIpc) is 3.10. The Morgan fingerprint density at radius 3 is 2.48 bits per heavy atom. The molecule has 21 heavy (non-hydrogen) atoms. The number of nitrogens with one attached hydrogen (secondary N) is 1. The maximum absolute atomic E-state index is 12.2. The van der Waals surface area contributed by atoms with Crippen LogP contribution in [0.5, 0.6) is 0 Å². The van der Waals surface area contributed by atoms with Crippen molar-refractivity contribution in [3.8, 4) is 11.3 Å². The molecule has 0 fully saturated rings. The van der Waals surface area contributed by atoms with Crippen molar-refractivity contribution < 1.29 is 12.8 Å². The quantitative estimate of drug-likeness (QED) is 0.738. The van der Waals surface area contributed by atoms with Gasteiger partial charge in [-0.2, -0.15) is 0 Å². The summed E-state index contributed by atoms with van der Waals surface area (Å²) < 4.78 is 33.1. The number of thiophene rings is 1. The molecule has 0 bridgehead atoms. The van der Waals surface area contributed by atoms with Crippen molar-refractivity contribution in [1.29, 1.82) is 0 Å². The van der Waals surface area contributed by atoms with Crippen LogP contribution in [0.3, 0.4) is 0 Å². The highest BCUT2D eigenvalue weighted by Gasteiger charge is 2.16. The van der Waals surface area contributed by atoms with E-state index in [-0.39, 0.29) is 4.21 Å². The lowest BCUT2D eigenvalue weighted by Gasteiger charge is -2.06. The molecule has 0 radical (unpaired) electrons. The molecule has 3 rings (SSSR count). The van der Waals surface area contributed by atoms with E-state index in [9.17, 15) is 8.42 Å². The van der Waals surface area contributed by atoms with Gasteiger partial charge >= 0.3 is 0 Å². The van der Waals surface area contributed by atoms with Gasteiger partial charge in [-0.1, -0.05) is 0 Å². The maximum atomic E-state index is 12.2. The summed E-state index contributed by atoms with van der Waals surface area (Å²) in [5.41, 5.74) is 1.32. The fraction of sp³-hybridized carbons (Fsp3) is 0. The Bertz CT molecular complexity index is 840. The molecule has 5 nitrogen and oxygen atoms in total. The predicted octanol–water partition coefficient (Wildman–Crippen LogP) is 3.97. The van der Waals surface area contributed by atoms with E-state index >= 15 is 0 Å². The molecule has 8 heteroatoms. The predicted molar refractivity (Wildman–Crippen MR) is 84.8 cm³/mol. The number of rotatable bonds is 4. The number of aromatic nitrogens is 1. The third-order valence-corrected chi connectivity index (χ3v) is 6.16. The summed E-state index contributed by atoms with van der Waals surface area (Å²) in [5.74, 6) is 0.631. The first-order valence-electron chi connectivity index (χ1n) is 5.82. The molecular weight excluding hydrogens is 376 g/mol. The van der Waals surface area contributed by atoms with E-state index in [1.54, 1.807) is 42.6 Å². The molecule has 0 atom stereocenters. The van der Waals surface area contributed by atoms with Crippen molar-refractivity contribution in [2.24, 2.45) is 0 Å². The number of hydrogen-bond donors (Lipinski definition) is 1. The molecule has 0 spiro atoms. The van der Waals surface area contributed by atoms with E-state index in [2.05, 4.69) is 25.6 Å². The lowest BCUT2D eigenvalue weighted by Crippen LogP contribution is -2.11. The number of nitrogens with zero attached hydrogens (tertiary/aromatic N) is 1. The highest BCUT2D eigenvalue weighted by Crippen LogP contribution is 2.28. The second-order valence-corrected chi connectivity index (χ2v) is 8.48. The van der Waals surface area contributed by atoms with Crippen LogP contribution in [0, 0.1) is 0 Å². The van der Waals surface area contributed by atoms with Crippen LogP contribution in [0.15, 0.2) is 61.4 Å². The third kappa shape index (κ3) is 3.17. The lowest BCUT2D eigenvalue weighted by molar-refractivity contribution is 0.572. The zero-order chi connectivity index (χ0) is 14.9. The van der Waals surface area contributed by atoms with Gasteiger partial charge in [-0.3, -0.25) is 4.72 Å².